The number of nitriles is 1. The summed E-state index contributed by atoms with van der Waals surface area (Å²) < 4.78 is 2.24. The summed E-state index contributed by atoms with van der Waals surface area (Å²) in [6.45, 7) is 16.7. The molecular formula is C36H39N2Si+. The van der Waals surface area contributed by atoms with Gasteiger partial charge in [0.1, 0.15) is 15.1 Å². The van der Waals surface area contributed by atoms with Gasteiger partial charge in [-0.2, -0.15) is 5.26 Å². The number of nitrogens with zero attached hydrogens (tertiary/aromatic N) is 2. The summed E-state index contributed by atoms with van der Waals surface area (Å²) >= 11 is 0. The first kappa shape index (κ1) is 25.8. The standard InChI is InChI=1S/C36H39N2Si/c1-23-12-15-26-27-16-13-25(22-37)32(24-14-17-28-29(21-24)36(4,5)19-18-35(28,2)3)34(27)39(7,8)33(26)31(23)30-11-9-10-20-38(30)6/h9-17,20-21H,18-19H2,1-8H3/q+1. The van der Waals surface area contributed by atoms with Gasteiger partial charge >= 0.3 is 0 Å². The van der Waals surface area contributed by atoms with Crippen LogP contribution in [0.25, 0.3) is 33.5 Å². The predicted molar refractivity (Wildman–Crippen MR) is 165 cm³/mol. The highest BCUT2D eigenvalue weighted by molar-refractivity contribution is 7.05. The molecule has 1 aliphatic carbocycles. The fourth-order valence-electron chi connectivity index (χ4n) is 7.43. The van der Waals surface area contributed by atoms with Crippen LogP contribution in [0, 0.1) is 18.3 Å². The maximum Gasteiger partial charge on any atom is 0.212 e. The second-order valence-electron chi connectivity index (χ2n) is 13.6. The van der Waals surface area contributed by atoms with Gasteiger partial charge in [-0.1, -0.05) is 77.2 Å². The molecule has 0 bridgehead atoms. The molecular weight excluding hydrogens is 488 g/mol. The van der Waals surface area contributed by atoms with Gasteiger partial charge in [0.2, 0.25) is 5.69 Å². The molecule has 3 aromatic carbocycles. The van der Waals surface area contributed by atoms with Gasteiger partial charge in [0.25, 0.3) is 0 Å². The van der Waals surface area contributed by atoms with Crippen LogP contribution in [0.2, 0.25) is 13.1 Å². The number of aryl methyl sites for hydroxylation is 2. The Morgan fingerprint density at radius 3 is 2.10 bits per heavy atom. The highest BCUT2D eigenvalue weighted by atomic mass is 28.3. The van der Waals surface area contributed by atoms with Gasteiger partial charge in [0, 0.05) is 17.7 Å². The van der Waals surface area contributed by atoms with E-state index in [0.717, 1.165) is 11.1 Å². The Morgan fingerprint density at radius 1 is 0.795 bits per heavy atom. The highest BCUT2D eigenvalue weighted by Gasteiger charge is 2.44. The van der Waals surface area contributed by atoms with E-state index in [1.807, 2.05) is 0 Å². The number of benzene rings is 3. The normalized spacial score (nSPS) is 17.6. The van der Waals surface area contributed by atoms with E-state index in [2.05, 4.69) is 132 Å². The fourth-order valence-corrected chi connectivity index (χ4v) is 11.3. The summed E-state index contributed by atoms with van der Waals surface area (Å²) in [5.74, 6) is 0. The molecule has 0 saturated carbocycles. The lowest BCUT2D eigenvalue weighted by atomic mass is 9.63. The third-order valence-corrected chi connectivity index (χ3v) is 13.3. The van der Waals surface area contributed by atoms with Gasteiger partial charge in [0.05, 0.1) is 11.6 Å². The summed E-state index contributed by atoms with van der Waals surface area (Å²) in [4.78, 5) is 0. The smallest absolute Gasteiger partial charge is 0.201 e. The van der Waals surface area contributed by atoms with Crippen molar-refractivity contribution in [3.05, 3.63) is 89.1 Å². The van der Waals surface area contributed by atoms with Crippen LogP contribution in [-0.4, -0.2) is 8.07 Å². The zero-order valence-electron chi connectivity index (χ0n) is 24.7. The molecule has 0 unspecified atom stereocenters. The Labute approximate surface area is 235 Å². The Kier molecular flexibility index (Phi) is 5.62. The molecule has 0 atom stereocenters. The van der Waals surface area contributed by atoms with E-state index < -0.39 is 8.07 Å². The van der Waals surface area contributed by atoms with E-state index in [1.54, 1.807) is 0 Å². The summed E-state index contributed by atoms with van der Waals surface area (Å²) in [6, 6.07) is 25.0. The number of rotatable bonds is 2. The Morgan fingerprint density at radius 2 is 1.44 bits per heavy atom. The van der Waals surface area contributed by atoms with Gasteiger partial charge in [0.15, 0.2) is 6.20 Å². The molecule has 196 valence electrons. The van der Waals surface area contributed by atoms with Gasteiger partial charge in [-0.05, 0) is 92.0 Å². The summed E-state index contributed by atoms with van der Waals surface area (Å²) in [7, 11) is -0.0628. The van der Waals surface area contributed by atoms with Crippen molar-refractivity contribution in [3.8, 4) is 39.6 Å². The molecule has 39 heavy (non-hydrogen) atoms. The highest BCUT2D eigenvalue weighted by Crippen LogP contribution is 2.47. The predicted octanol–water partition coefficient (Wildman–Crippen LogP) is 7.18. The van der Waals surface area contributed by atoms with Crippen LogP contribution in [-0.2, 0) is 17.9 Å². The molecule has 0 amide bonds. The molecule has 0 radical (unpaired) electrons. The van der Waals surface area contributed by atoms with E-state index in [9.17, 15) is 5.26 Å². The Hall–Kier alpha value is -3.48. The molecule has 0 fully saturated rings. The summed E-state index contributed by atoms with van der Waals surface area (Å²) in [5, 5.41) is 13.3. The zero-order valence-corrected chi connectivity index (χ0v) is 25.7. The van der Waals surface area contributed by atoms with Crippen molar-refractivity contribution < 1.29 is 4.57 Å². The Bertz CT molecular complexity index is 1720. The third kappa shape index (κ3) is 3.69. The number of pyridine rings is 1. The number of hydrogen-bond acceptors (Lipinski definition) is 1. The van der Waals surface area contributed by atoms with Crippen LogP contribution in [0.3, 0.4) is 0 Å². The van der Waals surface area contributed by atoms with Crippen LogP contribution in [0.15, 0.2) is 66.9 Å². The minimum Gasteiger partial charge on any atom is -0.201 e. The minimum atomic E-state index is -2.20. The average Bonchev–Trinajstić information content (AvgIpc) is 3.13. The van der Waals surface area contributed by atoms with Crippen LogP contribution >= 0.6 is 0 Å². The lowest BCUT2D eigenvalue weighted by Gasteiger charge is -2.42. The maximum atomic E-state index is 10.4. The first-order valence-corrected chi connectivity index (χ1v) is 17.2. The molecule has 0 saturated heterocycles. The van der Waals surface area contributed by atoms with E-state index >= 15 is 0 Å². The quantitative estimate of drug-likeness (QED) is 0.200. The van der Waals surface area contributed by atoms with Crippen molar-refractivity contribution in [2.75, 3.05) is 0 Å². The molecule has 3 heteroatoms. The second-order valence-corrected chi connectivity index (χ2v) is 17.8. The molecule has 4 aromatic rings. The van der Waals surface area contributed by atoms with Gasteiger partial charge < -0.3 is 0 Å². The minimum absolute atomic E-state index is 0.119. The first-order chi connectivity index (χ1) is 18.4. The summed E-state index contributed by atoms with van der Waals surface area (Å²) in [6.07, 6.45) is 4.52. The monoisotopic (exact) mass is 527 g/mol. The largest absolute Gasteiger partial charge is 0.212 e. The first-order valence-electron chi connectivity index (χ1n) is 14.2. The SMILES string of the molecule is Cc1ccc2c(c1-c1cccc[n+]1C)[Si](C)(C)c1c-2ccc(C#N)c1-c1ccc2c(c1)C(C)(C)CCC2(C)C. The molecule has 2 aliphatic rings. The van der Waals surface area contributed by atoms with Gasteiger partial charge in [-0.3, -0.25) is 0 Å². The molecule has 6 rings (SSSR count). The molecule has 1 aliphatic heterocycles. The van der Waals surface area contributed by atoms with Crippen LogP contribution in [0.1, 0.15) is 62.8 Å². The van der Waals surface area contributed by atoms with E-state index in [0.29, 0.717) is 0 Å². The fraction of sp³-hybridized carbons (Fsp3) is 0.333. The average molecular weight is 528 g/mol. The van der Waals surface area contributed by atoms with Crippen LogP contribution in [0.4, 0.5) is 0 Å². The maximum absolute atomic E-state index is 10.4. The molecule has 2 heterocycles. The third-order valence-electron chi connectivity index (χ3n) is 9.73. The topological polar surface area (TPSA) is 27.7 Å². The molecule has 0 spiro atoms. The Balaban J connectivity index is 1.66. The van der Waals surface area contributed by atoms with Crippen LogP contribution in [0.5, 0.6) is 0 Å². The number of hydrogen-bond donors (Lipinski definition) is 0. The van der Waals surface area contributed by atoms with Crippen molar-refractivity contribution in [2.45, 2.75) is 71.4 Å². The lowest BCUT2D eigenvalue weighted by Crippen LogP contribution is -2.52. The number of fused-ring (bicyclic) bond motifs is 4. The molecule has 1 aromatic heterocycles. The summed E-state index contributed by atoms with van der Waals surface area (Å²) in [5.41, 5.74) is 12.9. The van der Waals surface area contributed by atoms with Crippen molar-refractivity contribution in [3.63, 3.8) is 0 Å². The van der Waals surface area contributed by atoms with E-state index in [1.165, 1.54) is 67.9 Å². The van der Waals surface area contributed by atoms with Gasteiger partial charge in [-0.25, -0.2) is 4.57 Å². The second kappa shape index (κ2) is 8.51. The van der Waals surface area contributed by atoms with E-state index in [4.69, 9.17) is 0 Å². The number of aromatic nitrogens is 1. The van der Waals surface area contributed by atoms with Gasteiger partial charge in [-0.15, -0.1) is 0 Å². The van der Waals surface area contributed by atoms with Crippen LogP contribution < -0.4 is 14.9 Å². The lowest BCUT2D eigenvalue weighted by molar-refractivity contribution is -0.660. The molecule has 2 nitrogen and oxygen atoms in total. The molecule has 0 N–H and O–H groups in total. The van der Waals surface area contributed by atoms with E-state index in [-0.39, 0.29) is 10.8 Å². The van der Waals surface area contributed by atoms with Crippen molar-refractivity contribution in [2.24, 2.45) is 7.05 Å². The van der Waals surface area contributed by atoms with Crippen molar-refractivity contribution in [1.29, 1.82) is 5.26 Å². The zero-order chi connectivity index (χ0) is 27.9. The van der Waals surface area contributed by atoms with Crippen molar-refractivity contribution >= 4 is 18.4 Å². The van der Waals surface area contributed by atoms with Crippen molar-refractivity contribution in [1.82, 2.24) is 0 Å².